The van der Waals surface area contributed by atoms with Gasteiger partial charge in [-0.15, -0.1) is 0 Å². The summed E-state index contributed by atoms with van der Waals surface area (Å²) in [5.74, 6) is -0.0707. The Balaban J connectivity index is 2.02. The molecule has 0 spiro atoms. The average molecular weight is 495 g/mol. The first-order valence-electron chi connectivity index (χ1n) is 12.8. The minimum absolute atomic E-state index is 0.0184. The Morgan fingerprint density at radius 3 is 2.14 bits per heavy atom. The zero-order valence-corrected chi connectivity index (χ0v) is 22.0. The molecule has 7 heteroatoms. The van der Waals surface area contributed by atoms with Crippen LogP contribution in [-0.4, -0.2) is 65.5 Å². The summed E-state index contributed by atoms with van der Waals surface area (Å²) in [7, 11) is 0. The monoisotopic (exact) mass is 494 g/mol. The number of hydrogen-bond donors (Lipinski definition) is 1. The highest BCUT2D eigenvalue weighted by molar-refractivity contribution is 6.46. The summed E-state index contributed by atoms with van der Waals surface area (Å²) in [5.41, 5.74) is 1.30. The van der Waals surface area contributed by atoms with E-state index in [1.165, 1.54) is 0 Å². The lowest BCUT2D eigenvalue weighted by molar-refractivity contribution is -0.140. The summed E-state index contributed by atoms with van der Waals surface area (Å²) in [5, 5.41) is 11.3. The highest BCUT2D eigenvalue weighted by Crippen LogP contribution is 2.40. The molecule has 0 aromatic heterocycles. The maximum Gasteiger partial charge on any atom is 0.295 e. The Morgan fingerprint density at radius 1 is 0.972 bits per heavy atom. The summed E-state index contributed by atoms with van der Waals surface area (Å²) < 4.78 is 11.4. The number of ketones is 1. The largest absolute Gasteiger partial charge is 0.507 e. The molecule has 1 aliphatic heterocycles. The van der Waals surface area contributed by atoms with Gasteiger partial charge in [-0.3, -0.25) is 9.59 Å². The lowest BCUT2D eigenvalue weighted by Gasteiger charge is -2.28. The van der Waals surface area contributed by atoms with Crippen LogP contribution in [0.2, 0.25) is 0 Å². The molecule has 0 aliphatic carbocycles. The number of carbonyl (C=O) groups excluding carboxylic acids is 2. The van der Waals surface area contributed by atoms with Crippen molar-refractivity contribution in [1.82, 2.24) is 9.80 Å². The van der Waals surface area contributed by atoms with Gasteiger partial charge in [0, 0.05) is 18.7 Å². The minimum Gasteiger partial charge on any atom is -0.507 e. The Morgan fingerprint density at radius 2 is 1.58 bits per heavy atom. The van der Waals surface area contributed by atoms with Gasteiger partial charge in [0.05, 0.1) is 24.3 Å². The summed E-state index contributed by atoms with van der Waals surface area (Å²) >= 11 is 0. The van der Waals surface area contributed by atoms with E-state index in [1.54, 1.807) is 29.2 Å². The zero-order valence-electron chi connectivity index (χ0n) is 22.0. The maximum absolute atomic E-state index is 13.2. The molecule has 0 bridgehead atoms. The molecule has 1 N–H and O–H groups in total. The molecule has 194 valence electrons. The first-order chi connectivity index (χ1) is 17.3. The minimum atomic E-state index is -0.688. The molecule has 0 unspecified atom stereocenters. The van der Waals surface area contributed by atoms with Crippen molar-refractivity contribution in [3.8, 4) is 11.5 Å². The SMILES string of the molecule is CCCOc1ccc([C@@H]2/C(=C(\O)c3ccc(OC(C)C)cc3)C(=O)C(=O)N2CCN(CC)CC)cc1. The third kappa shape index (κ3) is 6.26. The fourth-order valence-electron chi connectivity index (χ4n) is 4.33. The van der Waals surface area contributed by atoms with Gasteiger partial charge in [0.2, 0.25) is 0 Å². The van der Waals surface area contributed by atoms with Gasteiger partial charge in [-0.2, -0.15) is 0 Å². The molecular formula is C29H38N2O5. The van der Waals surface area contributed by atoms with Crippen LogP contribution in [0.3, 0.4) is 0 Å². The number of aliphatic hydroxyl groups is 1. The van der Waals surface area contributed by atoms with Crippen molar-refractivity contribution in [2.45, 2.75) is 53.2 Å². The van der Waals surface area contributed by atoms with Crippen LogP contribution >= 0.6 is 0 Å². The van der Waals surface area contributed by atoms with Gasteiger partial charge in [-0.25, -0.2) is 0 Å². The second kappa shape index (κ2) is 12.6. The molecular weight excluding hydrogens is 456 g/mol. The van der Waals surface area contributed by atoms with Crippen molar-refractivity contribution in [3.05, 3.63) is 65.2 Å². The molecule has 3 rings (SSSR count). The van der Waals surface area contributed by atoms with E-state index in [0.29, 0.717) is 31.0 Å². The third-order valence-corrected chi connectivity index (χ3v) is 6.26. The molecule has 1 fully saturated rings. The average Bonchev–Trinajstić information content (AvgIpc) is 3.13. The van der Waals surface area contributed by atoms with E-state index in [9.17, 15) is 14.7 Å². The Labute approximate surface area is 214 Å². The molecule has 2 aromatic carbocycles. The topological polar surface area (TPSA) is 79.3 Å². The highest BCUT2D eigenvalue weighted by atomic mass is 16.5. The van der Waals surface area contributed by atoms with Crippen LogP contribution in [0.25, 0.3) is 5.76 Å². The highest BCUT2D eigenvalue weighted by Gasteiger charge is 2.46. The predicted molar refractivity (Wildman–Crippen MR) is 141 cm³/mol. The summed E-state index contributed by atoms with van der Waals surface area (Å²) in [4.78, 5) is 30.2. The van der Waals surface area contributed by atoms with E-state index in [-0.39, 0.29) is 17.4 Å². The number of ether oxygens (including phenoxy) is 2. The number of benzene rings is 2. The van der Waals surface area contributed by atoms with Crippen molar-refractivity contribution < 1.29 is 24.2 Å². The molecule has 1 aliphatic rings. The van der Waals surface area contributed by atoms with E-state index >= 15 is 0 Å². The number of carbonyl (C=O) groups is 2. The zero-order chi connectivity index (χ0) is 26.2. The van der Waals surface area contributed by atoms with Crippen molar-refractivity contribution >= 4 is 17.4 Å². The van der Waals surface area contributed by atoms with Crippen molar-refractivity contribution in [1.29, 1.82) is 0 Å². The fourth-order valence-corrected chi connectivity index (χ4v) is 4.33. The summed E-state index contributed by atoms with van der Waals surface area (Å²) in [6.07, 6.45) is 0.915. The maximum atomic E-state index is 13.2. The van der Waals surface area contributed by atoms with Gasteiger partial charge in [-0.1, -0.05) is 32.9 Å². The van der Waals surface area contributed by atoms with Gasteiger partial charge in [-0.05, 0) is 75.3 Å². The quantitative estimate of drug-likeness (QED) is 0.253. The summed E-state index contributed by atoms with van der Waals surface area (Å²) in [6, 6.07) is 13.6. The van der Waals surface area contributed by atoms with Crippen molar-refractivity contribution in [3.63, 3.8) is 0 Å². The molecule has 7 nitrogen and oxygen atoms in total. The molecule has 1 amide bonds. The van der Waals surface area contributed by atoms with Crippen LogP contribution in [-0.2, 0) is 9.59 Å². The second-order valence-electron chi connectivity index (χ2n) is 9.13. The number of rotatable bonds is 12. The van der Waals surface area contributed by atoms with Crippen LogP contribution in [0, 0.1) is 0 Å². The van der Waals surface area contributed by atoms with E-state index in [4.69, 9.17) is 9.47 Å². The number of aliphatic hydroxyl groups excluding tert-OH is 1. The Kier molecular flexibility index (Phi) is 9.53. The number of amides is 1. The number of hydrogen-bond acceptors (Lipinski definition) is 6. The van der Waals surface area contributed by atoms with Crippen LogP contribution in [0.5, 0.6) is 11.5 Å². The number of Topliss-reactive ketones (excluding diaryl/α,β-unsaturated/α-hetero) is 1. The molecule has 0 radical (unpaired) electrons. The van der Waals surface area contributed by atoms with Gasteiger partial charge in [0.25, 0.3) is 11.7 Å². The second-order valence-corrected chi connectivity index (χ2v) is 9.13. The van der Waals surface area contributed by atoms with Crippen molar-refractivity contribution in [2.24, 2.45) is 0 Å². The summed E-state index contributed by atoms with van der Waals surface area (Å²) in [6.45, 7) is 13.4. The van der Waals surface area contributed by atoms with Gasteiger partial charge in [0.1, 0.15) is 17.3 Å². The first-order valence-corrected chi connectivity index (χ1v) is 12.8. The van der Waals surface area contributed by atoms with Crippen LogP contribution < -0.4 is 9.47 Å². The van der Waals surface area contributed by atoms with Gasteiger partial charge >= 0.3 is 0 Å². The number of likely N-dealkylation sites (N-methyl/N-ethyl adjacent to an activating group) is 1. The van der Waals surface area contributed by atoms with E-state index in [0.717, 1.165) is 30.8 Å². The number of likely N-dealkylation sites (tertiary alicyclic amines) is 1. The van der Waals surface area contributed by atoms with Gasteiger partial charge < -0.3 is 24.4 Å². The third-order valence-electron chi connectivity index (χ3n) is 6.26. The predicted octanol–water partition coefficient (Wildman–Crippen LogP) is 5.03. The van der Waals surface area contributed by atoms with E-state index in [2.05, 4.69) is 18.7 Å². The lowest BCUT2D eigenvalue weighted by Crippen LogP contribution is -2.38. The fraction of sp³-hybridized carbons (Fsp3) is 0.448. The first kappa shape index (κ1) is 27.3. The van der Waals surface area contributed by atoms with Crippen LogP contribution in [0.15, 0.2) is 54.1 Å². The Bertz CT molecular complexity index is 1060. The van der Waals surface area contributed by atoms with Gasteiger partial charge in [0.15, 0.2) is 0 Å². The van der Waals surface area contributed by atoms with Crippen LogP contribution in [0.4, 0.5) is 0 Å². The molecule has 0 saturated carbocycles. The van der Waals surface area contributed by atoms with Crippen molar-refractivity contribution in [2.75, 3.05) is 32.8 Å². The smallest absolute Gasteiger partial charge is 0.295 e. The molecule has 36 heavy (non-hydrogen) atoms. The normalized spacial score (nSPS) is 17.3. The molecule has 1 saturated heterocycles. The van der Waals surface area contributed by atoms with Crippen LogP contribution in [0.1, 0.15) is 58.2 Å². The van der Waals surface area contributed by atoms with E-state index in [1.807, 2.05) is 45.0 Å². The molecule has 1 heterocycles. The Hall–Kier alpha value is -3.32. The molecule has 2 aromatic rings. The standard InChI is InChI=1S/C29H38N2O5/c1-6-19-35-23-13-9-21(10-14-23)26-25(27(32)22-11-15-24(16-12-22)36-20(4)5)28(33)29(34)31(26)18-17-30(7-2)8-3/h9-16,20,26,32H,6-8,17-19H2,1-5H3/b27-25+/t26-/m1/s1. The van der Waals surface area contributed by atoms with E-state index < -0.39 is 17.7 Å². The molecule has 1 atom stereocenters. The lowest BCUT2D eigenvalue weighted by atomic mass is 9.95. The number of nitrogens with zero attached hydrogens (tertiary/aromatic N) is 2.